The van der Waals surface area contributed by atoms with Gasteiger partial charge in [0.15, 0.2) is 0 Å². The fraction of sp³-hybridized carbons (Fsp3) is 0.364. The Bertz CT molecular complexity index is 466. The van der Waals surface area contributed by atoms with Crippen LogP contribution in [0.4, 0.5) is 0 Å². The number of aromatic nitrogens is 2. The number of halogens is 1. The van der Waals surface area contributed by atoms with E-state index < -0.39 is 6.10 Å². The molecule has 0 radical (unpaired) electrons. The normalized spacial score (nSPS) is 12.9. The Labute approximate surface area is 107 Å². The van der Waals surface area contributed by atoms with Crippen LogP contribution in [-0.2, 0) is 13.0 Å². The van der Waals surface area contributed by atoms with Gasteiger partial charge in [0.05, 0.1) is 16.1 Å². The highest BCUT2D eigenvalue weighted by Gasteiger charge is 2.11. The molecule has 0 aromatic carbocycles. The van der Waals surface area contributed by atoms with Crippen molar-refractivity contribution in [1.29, 1.82) is 0 Å². The predicted octanol–water partition coefficient (Wildman–Crippen LogP) is 3.00. The van der Waals surface area contributed by atoms with Gasteiger partial charge in [0.1, 0.15) is 0 Å². The van der Waals surface area contributed by atoms with Crippen molar-refractivity contribution in [1.82, 2.24) is 9.78 Å². The van der Waals surface area contributed by atoms with Gasteiger partial charge in [0.25, 0.3) is 0 Å². The Morgan fingerprint density at radius 2 is 2.38 bits per heavy atom. The van der Waals surface area contributed by atoms with E-state index in [1.807, 2.05) is 29.9 Å². The van der Waals surface area contributed by atoms with Crippen molar-refractivity contribution in [3.63, 3.8) is 0 Å². The fourth-order valence-electron chi connectivity index (χ4n) is 1.49. The number of nitrogens with zero attached hydrogens (tertiary/aromatic N) is 2. The molecular weight excluding hydrogens is 288 g/mol. The van der Waals surface area contributed by atoms with Crippen LogP contribution in [0.2, 0.25) is 0 Å². The molecule has 2 aromatic rings. The predicted molar refractivity (Wildman–Crippen MR) is 68.6 cm³/mol. The lowest BCUT2D eigenvalue weighted by atomic mass is 10.1. The van der Waals surface area contributed by atoms with Crippen molar-refractivity contribution >= 4 is 27.3 Å². The third-order valence-corrected chi connectivity index (χ3v) is 4.03. The Morgan fingerprint density at radius 1 is 1.56 bits per heavy atom. The van der Waals surface area contributed by atoms with E-state index in [1.165, 1.54) is 4.88 Å². The number of thiophene rings is 1. The summed E-state index contributed by atoms with van der Waals surface area (Å²) in [6, 6.07) is 4.03. The molecule has 1 unspecified atom stereocenters. The lowest BCUT2D eigenvalue weighted by Crippen LogP contribution is -1.99. The van der Waals surface area contributed by atoms with E-state index in [4.69, 9.17) is 0 Å². The van der Waals surface area contributed by atoms with Gasteiger partial charge in [0.2, 0.25) is 0 Å². The van der Waals surface area contributed by atoms with Gasteiger partial charge in [0, 0.05) is 29.6 Å². The van der Waals surface area contributed by atoms with Crippen LogP contribution in [-0.4, -0.2) is 14.9 Å². The summed E-state index contributed by atoms with van der Waals surface area (Å²) < 4.78 is 2.92. The summed E-state index contributed by atoms with van der Waals surface area (Å²) in [6.45, 7) is 2.86. The molecule has 0 amide bonds. The molecule has 3 nitrogen and oxygen atoms in total. The zero-order valence-electron chi connectivity index (χ0n) is 8.93. The summed E-state index contributed by atoms with van der Waals surface area (Å²) in [7, 11) is 0. The van der Waals surface area contributed by atoms with E-state index in [1.54, 1.807) is 17.5 Å². The molecule has 2 heterocycles. The highest BCUT2D eigenvalue weighted by Crippen LogP contribution is 2.26. The molecule has 86 valence electrons. The topological polar surface area (TPSA) is 38.0 Å². The number of aryl methyl sites for hydroxylation is 1. The average Bonchev–Trinajstić information content (AvgIpc) is 2.87. The zero-order chi connectivity index (χ0) is 11.5. The monoisotopic (exact) mass is 300 g/mol. The van der Waals surface area contributed by atoms with E-state index in [0.29, 0.717) is 6.42 Å². The van der Waals surface area contributed by atoms with Gasteiger partial charge < -0.3 is 5.11 Å². The van der Waals surface area contributed by atoms with Crippen molar-refractivity contribution in [2.45, 2.75) is 26.0 Å². The maximum Gasteiger partial charge on any atom is 0.0868 e. The van der Waals surface area contributed by atoms with Gasteiger partial charge >= 0.3 is 0 Å². The molecule has 1 N–H and O–H groups in total. The molecule has 0 aliphatic carbocycles. The summed E-state index contributed by atoms with van der Waals surface area (Å²) in [4.78, 5) is 1.17. The van der Waals surface area contributed by atoms with E-state index >= 15 is 0 Å². The molecule has 0 fully saturated rings. The summed E-state index contributed by atoms with van der Waals surface area (Å²) in [5, 5.41) is 14.2. The number of aliphatic hydroxyl groups is 1. The van der Waals surface area contributed by atoms with Gasteiger partial charge in [-0.2, -0.15) is 5.10 Å². The molecule has 2 rings (SSSR count). The third kappa shape index (κ3) is 2.72. The second-order valence-corrected chi connectivity index (χ2v) is 6.10. The molecule has 0 bridgehead atoms. The van der Waals surface area contributed by atoms with Crippen LogP contribution in [0.15, 0.2) is 28.3 Å². The standard InChI is InChI=1S/C11H13BrN2OS/c1-2-14-7-8(6-13-14)10(15)5-9-3-4-11(12)16-9/h3-4,6-7,10,15H,2,5H2,1H3. The molecule has 2 aromatic heterocycles. The second kappa shape index (κ2) is 5.12. The average molecular weight is 301 g/mol. The van der Waals surface area contributed by atoms with Gasteiger partial charge in [-0.3, -0.25) is 4.68 Å². The SMILES string of the molecule is CCn1cc(C(O)Cc2ccc(Br)s2)cn1. The molecule has 5 heteroatoms. The minimum atomic E-state index is -0.467. The minimum absolute atomic E-state index is 0.467. The quantitative estimate of drug-likeness (QED) is 0.942. The number of hydrogen-bond acceptors (Lipinski definition) is 3. The summed E-state index contributed by atoms with van der Waals surface area (Å²) in [5.74, 6) is 0. The maximum atomic E-state index is 10.0. The smallest absolute Gasteiger partial charge is 0.0868 e. The molecule has 0 spiro atoms. The van der Waals surface area contributed by atoms with Crippen molar-refractivity contribution in [3.8, 4) is 0 Å². The molecule has 16 heavy (non-hydrogen) atoms. The summed E-state index contributed by atoms with van der Waals surface area (Å²) >= 11 is 5.07. The van der Waals surface area contributed by atoms with Crippen LogP contribution in [0.1, 0.15) is 23.5 Å². The second-order valence-electron chi connectivity index (χ2n) is 3.56. The van der Waals surface area contributed by atoms with E-state index in [9.17, 15) is 5.11 Å². The first-order valence-electron chi connectivity index (χ1n) is 5.13. The van der Waals surface area contributed by atoms with Gasteiger partial charge in [-0.1, -0.05) is 0 Å². The zero-order valence-corrected chi connectivity index (χ0v) is 11.3. The number of aliphatic hydroxyl groups excluding tert-OH is 1. The van der Waals surface area contributed by atoms with Crippen molar-refractivity contribution in [3.05, 3.63) is 38.8 Å². The Morgan fingerprint density at radius 3 is 2.94 bits per heavy atom. The molecular formula is C11H13BrN2OS. The molecule has 0 saturated heterocycles. The highest BCUT2D eigenvalue weighted by molar-refractivity contribution is 9.11. The van der Waals surface area contributed by atoms with Crippen molar-refractivity contribution in [2.24, 2.45) is 0 Å². The molecule has 0 aliphatic rings. The van der Waals surface area contributed by atoms with Gasteiger partial charge in [-0.05, 0) is 35.0 Å². The van der Waals surface area contributed by atoms with Crippen LogP contribution in [0.25, 0.3) is 0 Å². The highest BCUT2D eigenvalue weighted by atomic mass is 79.9. The Hall–Kier alpha value is -0.650. The first-order chi connectivity index (χ1) is 7.69. The van der Waals surface area contributed by atoms with Gasteiger partial charge in [-0.15, -0.1) is 11.3 Å². The van der Waals surface area contributed by atoms with Crippen LogP contribution < -0.4 is 0 Å². The Balaban J connectivity index is 2.05. The van der Waals surface area contributed by atoms with Crippen LogP contribution in [0, 0.1) is 0 Å². The largest absolute Gasteiger partial charge is 0.388 e. The van der Waals surface area contributed by atoms with Crippen LogP contribution in [0.5, 0.6) is 0 Å². The first-order valence-corrected chi connectivity index (χ1v) is 6.74. The lowest BCUT2D eigenvalue weighted by Gasteiger charge is -2.05. The van der Waals surface area contributed by atoms with Crippen molar-refractivity contribution < 1.29 is 5.11 Å². The summed E-state index contributed by atoms with van der Waals surface area (Å²) in [6.07, 6.45) is 3.81. The minimum Gasteiger partial charge on any atom is -0.388 e. The third-order valence-electron chi connectivity index (χ3n) is 2.39. The number of rotatable bonds is 4. The molecule has 0 saturated carbocycles. The van der Waals surface area contributed by atoms with E-state index in [0.717, 1.165) is 15.9 Å². The van der Waals surface area contributed by atoms with Gasteiger partial charge in [-0.25, -0.2) is 0 Å². The molecule has 1 atom stereocenters. The molecule has 0 aliphatic heterocycles. The van der Waals surface area contributed by atoms with E-state index in [2.05, 4.69) is 21.0 Å². The number of hydrogen-bond donors (Lipinski definition) is 1. The maximum absolute atomic E-state index is 10.0. The fourth-order valence-corrected chi connectivity index (χ4v) is 3.01. The van der Waals surface area contributed by atoms with E-state index in [-0.39, 0.29) is 0 Å². The summed E-state index contributed by atoms with van der Waals surface area (Å²) in [5.41, 5.74) is 0.881. The first kappa shape index (κ1) is 11.8. The van der Waals surface area contributed by atoms with Crippen molar-refractivity contribution in [2.75, 3.05) is 0 Å². The van der Waals surface area contributed by atoms with Crippen LogP contribution >= 0.6 is 27.3 Å². The Kier molecular flexibility index (Phi) is 3.78. The van der Waals surface area contributed by atoms with Crippen LogP contribution in [0.3, 0.4) is 0 Å². The lowest BCUT2D eigenvalue weighted by molar-refractivity contribution is 0.179.